The second-order valence-electron chi connectivity index (χ2n) is 5.95. The third-order valence-electron chi connectivity index (χ3n) is 4.13. The molecular formula is C15H24N2O2S. The molecule has 0 amide bonds. The minimum Gasteiger partial charge on any atom is -0.399 e. The molecule has 112 valence electrons. The predicted octanol–water partition coefficient (Wildman–Crippen LogP) is 2.84. The van der Waals surface area contributed by atoms with Crippen LogP contribution < -0.4 is 5.73 Å². The summed E-state index contributed by atoms with van der Waals surface area (Å²) in [7, 11) is -3.46. The Labute approximate surface area is 122 Å². The Balaban J connectivity index is 2.55. The number of nitrogen functional groups attached to an aromatic ring is 1. The highest BCUT2D eigenvalue weighted by atomic mass is 32.2. The maximum atomic E-state index is 13.0. The van der Waals surface area contributed by atoms with E-state index in [4.69, 9.17) is 5.73 Å². The summed E-state index contributed by atoms with van der Waals surface area (Å²) < 4.78 is 27.8. The van der Waals surface area contributed by atoms with Crippen molar-refractivity contribution in [2.75, 3.05) is 5.73 Å². The summed E-state index contributed by atoms with van der Waals surface area (Å²) in [5, 5.41) is 0. The number of rotatable bonds is 2. The molecule has 1 aliphatic rings. The molecule has 4 nitrogen and oxygen atoms in total. The fourth-order valence-corrected chi connectivity index (χ4v) is 5.67. The highest BCUT2D eigenvalue weighted by Crippen LogP contribution is 2.33. The van der Waals surface area contributed by atoms with Crippen LogP contribution in [0, 0.1) is 13.8 Å². The van der Waals surface area contributed by atoms with Crippen molar-refractivity contribution < 1.29 is 8.42 Å². The van der Waals surface area contributed by atoms with E-state index in [1.54, 1.807) is 16.4 Å². The summed E-state index contributed by atoms with van der Waals surface area (Å²) in [6.45, 7) is 7.62. The number of hydrogen-bond acceptors (Lipinski definition) is 3. The van der Waals surface area contributed by atoms with Crippen LogP contribution in [0.5, 0.6) is 0 Å². The number of piperidine rings is 1. The summed E-state index contributed by atoms with van der Waals surface area (Å²) >= 11 is 0. The van der Waals surface area contributed by atoms with Gasteiger partial charge in [-0.25, -0.2) is 8.42 Å². The van der Waals surface area contributed by atoms with E-state index in [0.29, 0.717) is 10.6 Å². The molecule has 0 bridgehead atoms. The largest absolute Gasteiger partial charge is 0.399 e. The first-order valence-corrected chi connectivity index (χ1v) is 8.59. The van der Waals surface area contributed by atoms with Gasteiger partial charge >= 0.3 is 0 Å². The van der Waals surface area contributed by atoms with Crippen molar-refractivity contribution in [1.29, 1.82) is 0 Å². The van der Waals surface area contributed by atoms with Crippen molar-refractivity contribution in [3.05, 3.63) is 23.3 Å². The van der Waals surface area contributed by atoms with Crippen LogP contribution in [-0.4, -0.2) is 24.8 Å². The Kier molecular flexibility index (Phi) is 4.12. The van der Waals surface area contributed by atoms with E-state index < -0.39 is 10.0 Å². The van der Waals surface area contributed by atoms with E-state index in [2.05, 4.69) is 0 Å². The average molecular weight is 296 g/mol. The molecule has 20 heavy (non-hydrogen) atoms. The SMILES string of the molecule is Cc1cc(N)cc(C)c1S(=O)(=O)N1C(C)CCCC1C. The number of anilines is 1. The molecule has 0 aromatic heterocycles. The normalized spacial score (nSPS) is 24.8. The molecule has 1 saturated heterocycles. The van der Waals surface area contributed by atoms with E-state index in [9.17, 15) is 8.42 Å². The Morgan fingerprint density at radius 1 is 1.10 bits per heavy atom. The zero-order chi connectivity index (χ0) is 15.1. The molecule has 1 aliphatic heterocycles. The highest BCUT2D eigenvalue weighted by Gasteiger charge is 2.37. The molecule has 2 unspecified atom stereocenters. The summed E-state index contributed by atoms with van der Waals surface area (Å²) in [6.07, 6.45) is 2.95. The zero-order valence-electron chi connectivity index (χ0n) is 12.7. The first kappa shape index (κ1) is 15.3. The number of aryl methyl sites for hydroxylation is 2. The quantitative estimate of drug-likeness (QED) is 0.854. The van der Waals surface area contributed by atoms with Crippen molar-refractivity contribution in [3.8, 4) is 0 Å². The third-order valence-corrected chi connectivity index (χ3v) is 6.57. The van der Waals surface area contributed by atoms with Crippen LogP contribution in [0.15, 0.2) is 17.0 Å². The topological polar surface area (TPSA) is 63.4 Å². The molecule has 0 saturated carbocycles. The van der Waals surface area contributed by atoms with Gasteiger partial charge in [0, 0.05) is 17.8 Å². The van der Waals surface area contributed by atoms with Crippen LogP contribution in [0.25, 0.3) is 0 Å². The number of nitrogens with zero attached hydrogens (tertiary/aromatic N) is 1. The summed E-state index contributed by atoms with van der Waals surface area (Å²) in [4.78, 5) is 0.423. The smallest absolute Gasteiger partial charge is 0.244 e. The second-order valence-corrected chi connectivity index (χ2v) is 7.73. The van der Waals surface area contributed by atoms with Gasteiger partial charge in [-0.2, -0.15) is 4.31 Å². The predicted molar refractivity (Wildman–Crippen MR) is 82.1 cm³/mol. The monoisotopic (exact) mass is 296 g/mol. The molecule has 0 aliphatic carbocycles. The standard InChI is InChI=1S/C15H24N2O2S/c1-10-8-14(16)9-11(2)15(10)20(18,19)17-12(3)6-5-7-13(17)4/h8-9,12-13H,5-7,16H2,1-4H3. The summed E-state index contributed by atoms with van der Waals surface area (Å²) in [6, 6.07) is 3.58. The molecule has 2 atom stereocenters. The molecule has 2 rings (SSSR count). The van der Waals surface area contributed by atoms with Crippen LogP contribution in [-0.2, 0) is 10.0 Å². The van der Waals surface area contributed by atoms with Crippen LogP contribution in [0.4, 0.5) is 5.69 Å². The van der Waals surface area contributed by atoms with Gasteiger partial charge < -0.3 is 5.73 Å². The average Bonchev–Trinajstić information content (AvgIpc) is 2.25. The van der Waals surface area contributed by atoms with Gasteiger partial charge in [0.2, 0.25) is 10.0 Å². The van der Waals surface area contributed by atoms with Crippen LogP contribution >= 0.6 is 0 Å². The van der Waals surface area contributed by atoms with Gasteiger partial charge in [-0.1, -0.05) is 6.42 Å². The lowest BCUT2D eigenvalue weighted by atomic mass is 10.0. The lowest BCUT2D eigenvalue weighted by Gasteiger charge is -2.38. The summed E-state index contributed by atoms with van der Waals surface area (Å²) in [5.41, 5.74) is 7.86. The van der Waals surface area contributed by atoms with E-state index in [0.717, 1.165) is 30.4 Å². The molecule has 5 heteroatoms. The molecule has 0 radical (unpaired) electrons. The van der Waals surface area contributed by atoms with Crippen LogP contribution in [0.1, 0.15) is 44.2 Å². The molecule has 1 heterocycles. The first-order chi connectivity index (χ1) is 9.25. The molecule has 0 spiro atoms. The summed E-state index contributed by atoms with van der Waals surface area (Å²) in [5.74, 6) is 0. The number of hydrogen-bond donors (Lipinski definition) is 1. The first-order valence-electron chi connectivity index (χ1n) is 7.15. The number of benzene rings is 1. The van der Waals surface area contributed by atoms with Crippen molar-refractivity contribution in [2.24, 2.45) is 0 Å². The van der Waals surface area contributed by atoms with Gasteiger partial charge in [-0.3, -0.25) is 0 Å². The lowest BCUT2D eigenvalue weighted by Crippen LogP contribution is -2.47. The van der Waals surface area contributed by atoms with Crippen molar-refractivity contribution >= 4 is 15.7 Å². The molecule has 1 aromatic carbocycles. The van der Waals surface area contributed by atoms with E-state index in [1.807, 2.05) is 27.7 Å². The van der Waals surface area contributed by atoms with E-state index >= 15 is 0 Å². The third kappa shape index (κ3) is 2.56. The lowest BCUT2D eigenvalue weighted by molar-refractivity contribution is 0.204. The Bertz CT molecular complexity index is 577. The Morgan fingerprint density at radius 2 is 1.55 bits per heavy atom. The maximum Gasteiger partial charge on any atom is 0.244 e. The van der Waals surface area contributed by atoms with Crippen LogP contribution in [0.2, 0.25) is 0 Å². The van der Waals surface area contributed by atoms with Crippen LogP contribution in [0.3, 0.4) is 0 Å². The highest BCUT2D eigenvalue weighted by molar-refractivity contribution is 7.89. The van der Waals surface area contributed by atoms with Gasteiger partial charge in [0.05, 0.1) is 4.90 Å². The Hall–Kier alpha value is -1.07. The maximum absolute atomic E-state index is 13.0. The van der Waals surface area contributed by atoms with E-state index in [-0.39, 0.29) is 12.1 Å². The van der Waals surface area contributed by atoms with Gasteiger partial charge in [0.25, 0.3) is 0 Å². The van der Waals surface area contributed by atoms with Gasteiger partial charge in [-0.05, 0) is 63.8 Å². The van der Waals surface area contributed by atoms with Crippen molar-refractivity contribution in [3.63, 3.8) is 0 Å². The second kappa shape index (κ2) is 5.37. The molecule has 2 N–H and O–H groups in total. The zero-order valence-corrected chi connectivity index (χ0v) is 13.5. The van der Waals surface area contributed by atoms with Crippen molar-refractivity contribution in [1.82, 2.24) is 4.31 Å². The minimum absolute atomic E-state index is 0.0557. The number of sulfonamides is 1. The van der Waals surface area contributed by atoms with Gasteiger partial charge in [0.15, 0.2) is 0 Å². The molecule has 1 aromatic rings. The number of nitrogens with two attached hydrogens (primary N) is 1. The van der Waals surface area contributed by atoms with E-state index in [1.165, 1.54) is 0 Å². The minimum atomic E-state index is -3.46. The van der Waals surface area contributed by atoms with Crippen molar-refractivity contribution in [2.45, 2.75) is 63.9 Å². The van der Waals surface area contributed by atoms with Gasteiger partial charge in [-0.15, -0.1) is 0 Å². The Morgan fingerprint density at radius 3 is 2.00 bits per heavy atom. The fourth-order valence-electron chi connectivity index (χ4n) is 3.37. The fraction of sp³-hybridized carbons (Fsp3) is 0.600. The molecular weight excluding hydrogens is 272 g/mol. The van der Waals surface area contributed by atoms with Gasteiger partial charge in [0.1, 0.15) is 0 Å². The molecule has 1 fully saturated rings.